The minimum absolute atomic E-state index is 0.102. The van der Waals surface area contributed by atoms with E-state index in [4.69, 9.17) is 9.47 Å². The van der Waals surface area contributed by atoms with Gasteiger partial charge in [-0.1, -0.05) is 12.1 Å². The zero-order chi connectivity index (χ0) is 19.8. The van der Waals surface area contributed by atoms with Crippen molar-refractivity contribution in [1.29, 1.82) is 0 Å². The first-order valence-electron chi connectivity index (χ1n) is 8.18. The standard InChI is InChI=1S/C19H20N2O6/c1-3-26-17-10-13(8-9-16(17)27-12(2)19(24)25)11-20-21-18(23)14-6-4-5-7-15(14)22/h4-12,22H,3H2,1-2H3,(H,21,23)(H,24,25)/p-1/b20-11-/t12-/m1/s1. The normalized spacial score (nSPS) is 11.8. The number of benzene rings is 2. The number of carboxylic acids is 1. The third-order valence-corrected chi connectivity index (χ3v) is 3.43. The molecule has 0 aliphatic carbocycles. The van der Waals surface area contributed by atoms with Crippen LogP contribution in [0.1, 0.15) is 29.8 Å². The van der Waals surface area contributed by atoms with Crippen molar-refractivity contribution in [3.63, 3.8) is 0 Å². The Balaban J connectivity index is 2.10. The number of hydrogen-bond acceptors (Lipinski definition) is 7. The fraction of sp³-hybridized carbons (Fsp3) is 0.211. The van der Waals surface area contributed by atoms with Gasteiger partial charge in [0.05, 0.1) is 24.4 Å². The Morgan fingerprint density at radius 1 is 1.26 bits per heavy atom. The molecule has 0 aliphatic rings. The van der Waals surface area contributed by atoms with E-state index >= 15 is 0 Å². The van der Waals surface area contributed by atoms with E-state index in [0.29, 0.717) is 17.9 Å². The third kappa shape index (κ3) is 5.46. The number of aromatic hydroxyl groups is 1. The largest absolute Gasteiger partial charge is 0.546 e. The van der Waals surface area contributed by atoms with Crippen LogP contribution in [0.15, 0.2) is 47.6 Å². The fourth-order valence-corrected chi connectivity index (χ4v) is 2.10. The second-order valence-electron chi connectivity index (χ2n) is 5.43. The minimum atomic E-state index is -1.34. The molecule has 0 heterocycles. The average Bonchev–Trinajstić information content (AvgIpc) is 2.64. The van der Waals surface area contributed by atoms with Gasteiger partial charge in [-0.25, -0.2) is 5.43 Å². The Morgan fingerprint density at radius 3 is 2.67 bits per heavy atom. The van der Waals surface area contributed by atoms with Crippen LogP contribution in [-0.4, -0.2) is 35.9 Å². The first-order valence-corrected chi connectivity index (χ1v) is 8.18. The summed E-state index contributed by atoms with van der Waals surface area (Å²) in [6.45, 7) is 3.48. The Hall–Kier alpha value is -3.55. The maximum Gasteiger partial charge on any atom is 0.275 e. The van der Waals surface area contributed by atoms with Gasteiger partial charge in [-0.2, -0.15) is 5.10 Å². The molecule has 2 aromatic rings. The number of rotatable bonds is 8. The smallest absolute Gasteiger partial charge is 0.275 e. The molecular weight excluding hydrogens is 352 g/mol. The Labute approximate surface area is 156 Å². The van der Waals surface area contributed by atoms with Crippen LogP contribution in [-0.2, 0) is 4.79 Å². The van der Waals surface area contributed by atoms with Crippen molar-refractivity contribution in [2.24, 2.45) is 5.10 Å². The number of hydrazone groups is 1. The molecule has 0 aliphatic heterocycles. The number of nitrogens with one attached hydrogen (secondary N) is 1. The molecule has 2 aromatic carbocycles. The summed E-state index contributed by atoms with van der Waals surface area (Å²) in [5.41, 5.74) is 3.00. The van der Waals surface area contributed by atoms with Crippen LogP contribution >= 0.6 is 0 Å². The van der Waals surface area contributed by atoms with Gasteiger partial charge in [0.15, 0.2) is 11.5 Å². The highest BCUT2D eigenvalue weighted by atomic mass is 16.5. The minimum Gasteiger partial charge on any atom is -0.546 e. The van der Waals surface area contributed by atoms with E-state index in [-0.39, 0.29) is 17.1 Å². The Morgan fingerprint density at radius 2 is 2.00 bits per heavy atom. The van der Waals surface area contributed by atoms with Crippen LogP contribution in [0.4, 0.5) is 0 Å². The summed E-state index contributed by atoms with van der Waals surface area (Å²) in [6, 6.07) is 10.9. The molecule has 1 amide bonds. The number of para-hydroxylation sites is 1. The molecule has 27 heavy (non-hydrogen) atoms. The zero-order valence-corrected chi connectivity index (χ0v) is 14.8. The average molecular weight is 371 g/mol. The quantitative estimate of drug-likeness (QED) is 0.529. The second kappa shape index (κ2) is 9.23. The molecule has 2 rings (SSSR count). The third-order valence-electron chi connectivity index (χ3n) is 3.43. The van der Waals surface area contributed by atoms with Crippen LogP contribution in [0.5, 0.6) is 17.2 Å². The molecule has 142 valence electrons. The molecule has 0 aromatic heterocycles. The van der Waals surface area contributed by atoms with Crippen LogP contribution in [0.2, 0.25) is 0 Å². The molecule has 0 unspecified atom stereocenters. The predicted octanol–water partition coefficient (Wildman–Crippen LogP) is 1.07. The molecule has 0 saturated carbocycles. The lowest BCUT2D eigenvalue weighted by atomic mass is 10.2. The van der Waals surface area contributed by atoms with Gasteiger partial charge in [-0.05, 0) is 49.7 Å². The van der Waals surface area contributed by atoms with Crippen LogP contribution in [0.3, 0.4) is 0 Å². The molecule has 0 fully saturated rings. The first-order chi connectivity index (χ1) is 12.9. The van der Waals surface area contributed by atoms with Crippen LogP contribution in [0, 0.1) is 0 Å². The molecular formula is C19H19N2O6-. The first kappa shape index (κ1) is 19.8. The van der Waals surface area contributed by atoms with E-state index in [2.05, 4.69) is 10.5 Å². The number of carboxylic acid groups (broad SMARTS) is 1. The molecule has 8 heteroatoms. The van der Waals surface area contributed by atoms with E-state index in [0.717, 1.165) is 0 Å². The lowest BCUT2D eigenvalue weighted by Crippen LogP contribution is -2.37. The maximum absolute atomic E-state index is 12.0. The number of nitrogens with zero attached hydrogens (tertiary/aromatic N) is 1. The molecule has 0 saturated heterocycles. The van der Waals surface area contributed by atoms with Crippen molar-refractivity contribution in [1.82, 2.24) is 5.43 Å². The van der Waals surface area contributed by atoms with Gasteiger partial charge in [-0.3, -0.25) is 4.79 Å². The number of carbonyl (C=O) groups is 2. The molecule has 2 N–H and O–H groups in total. The van der Waals surface area contributed by atoms with Crippen molar-refractivity contribution >= 4 is 18.1 Å². The molecule has 8 nitrogen and oxygen atoms in total. The Bertz CT molecular complexity index is 850. The van der Waals surface area contributed by atoms with Gasteiger partial charge in [0.25, 0.3) is 5.91 Å². The van der Waals surface area contributed by atoms with Crippen molar-refractivity contribution < 1.29 is 29.3 Å². The van der Waals surface area contributed by atoms with E-state index < -0.39 is 18.0 Å². The molecule has 0 bridgehead atoms. The van der Waals surface area contributed by atoms with Crippen LogP contribution in [0.25, 0.3) is 0 Å². The molecule has 0 spiro atoms. The van der Waals surface area contributed by atoms with E-state index in [9.17, 15) is 19.8 Å². The zero-order valence-electron chi connectivity index (χ0n) is 14.8. The van der Waals surface area contributed by atoms with E-state index in [1.165, 1.54) is 31.3 Å². The highest BCUT2D eigenvalue weighted by molar-refractivity contribution is 5.97. The lowest BCUT2D eigenvalue weighted by molar-refractivity contribution is -0.312. The van der Waals surface area contributed by atoms with Crippen molar-refractivity contribution in [3.05, 3.63) is 53.6 Å². The summed E-state index contributed by atoms with van der Waals surface area (Å²) in [7, 11) is 0. The number of aliphatic carboxylic acids is 1. The summed E-state index contributed by atoms with van der Waals surface area (Å²) in [5, 5.41) is 24.3. The lowest BCUT2D eigenvalue weighted by Gasteiger charge is -2.18. The SMILES string of the molecule is CCOc1cc(/C=N\NC(=O)c2ccccc2O)ccc1O[C@H](C)C(=O)[O-]. The van der Waals surface area contributed by atoms with Crippen molar-refractivity contribution in [2.75, 3.05) is 6.61 Å². The summed E-state index contributed by atoms with van der Waals surface area (Å²) in [5.74, 6) is -1.45. The monoisotopic (exact) mass is 371 g/mol. The number of hydrogen-bond donors (Lipinski definition) is 2. The fourth-order valence-electron chi connectivity index (χ4n) is 2.10. The molecule has 1 atom stereocenters. The van der Waals surface area contributed by atoms with Gasteiger partial charge in [0.2, 0.25) is 0 Å². The van der Waals surface area contributed by atoms with Crippen molar-refractivity contribution in [3.8, 4) is 17.2 Å². The molecule has 0 radical (unpaired) electrons. The van der Waals surface area contributed by atoms with Gasteiger partial charge in [0, 0.05) is 0 Å². The highest BCUT2D eigenvalue weighted by Crippen LogP contribution is 2.29. The summed E-state index contributed by atoms with van der Waals surface area (Å²) in [6.07, 6.45) is 0.244. The predicted molar refractivity (Wildman–Crippen MR) is 95.9 cm³/mol. The van der Waals surface area contributed by atoms with Gasteiger partial charge in [0.1, 0.15) is 11.9 Å². The van der Waals surface area contributed by atoms with E-state index in [1.807, 2.05) is 0 Å². The number of phenolic OH excluding ortho intramolecular Hbond substituents is 1. The highest BCUT2D eigenvalue weighted by Gasteiger charge is 2.11. The van der Waals surface area contributed by atoms with Crippen molar-refractivity contribution in [2.45, 2.75) is 20.0 Å². The number of amides is 1. The topological polar surface area (TPSA) is 120 Å². The Kier molecular flexibility index (Phi) is 6.76. The summed E-state index contributed by atoms with van der Waals surface area (Å²) < 4.78 is 10.7. The number of ether oxygens (including phenoxy) is 2. The summed E-state index contributed by atoms with van der Waals surface area (Å²) >= 11 is 0. The second-order valence-corrected chi connectivity index (χ2v) is 5.43. The van der Waals surface area contributed by atoms with Gasteiger partial charge < -0.3 is 24.5 Å². The number of phenols is 1. The van der Waals surface area contributed by atoms with Gasteiger partial charge >= 0.3 is 0 Å². The van der Waals surface area contributed by atoms with Crippen LogP contribution < -0.4 is 20.0 Å². The van der Waals surface area contributed by atoms with Gasteiger partial charge in [-0.15, -0.1) is 0 Å². The number of carbonyl (C=O) groups excluding carboxylic acids is 2. The summed E-state index contributed by atoms with van der Waals surface area (Å²) in [4.78, 5) is 22.8. The maximum atomic E-state index is 12.0. The van der Waals surface area contributed by atoms with E-state index in [1.54, 1.807) is 31.2 Å².